The summed E-state index contributed by atoms with van der Waals surface area (Å²) in [6.07, 6.45) is 0.254. The summed E-state index contributed by atoms with van der Waals surface area (Å²) in [5.41, 5.74) is 0.177. The van der Waals surface area contributed by atoms with Crippen LogP contribution in [0, 0.1) is 5.82 Å². The summed E-state index contributed by atoms with van der Waals surface area (Å²) in [4.78, 5) is 55.3. The Labute approximate surface area is 206 Å². The predicted octanol–water partition coefficient (Wildman–Crippen LogP) is 2.87. The van der Waals surface area contributed by atoms with E-state index < -0.39 is 41.9 Å². The lowest BCUT2D eigenvalue weighted by molar-refractivity contribution is -0.134. The van der Waals surface area contributed by atoms with E-state index in [0.29, 0.717) is 5.76 Å². The first-order valence-corrected chi connectivity index (χ1v) is 11.2. The predicted molar refractivity (Wildman–Crippen MR) is 121 cm³/mol. The second-order valence-corrected chi connectivity index (χ2v) is 8.18. The monoisotopic (exact) mass is 518 g/mol. The second-order valence-electron chi connectivity index (χ2n) is 7.32. The number of hydrogen-bond donors (Lipinski definition) is 2. The normalized spacial score (nSPS) is 15.9. The number of hydrogen-bond acceptors (Lipinski definition) is 10. The molecule has 1 aliphatic heterocycles. The summed E-state index contributed by atoms with van der Waals surface area (Å²) in [7, 11) is 2.43. The minimum atomic E-state index is -1.34. The number of benzene rings is 1. The van der Waals surface area contributed by atoms with Crippen LogP contribution in [0.4, 0.5) is 19.1 Å². The van der Waals surface area contributed by atoms with Gasteiger partial charge in [-0.15, -0.1) is 11.3 Å². The number of nitrogens with one attached hydrogen (secondary N) is 2. The van der Waals surface area contributed by atoms with E-state index in [2.05, 4.69) is 20.4 Å². The Morgan fingerprint density at radius 1 is 1.31 bits per heavy atom. The summed E-state index contributed by atoms with van der Waals surface area (Å²) < 4.78 is 33.6. The van der Waals surface area contributed by atoms with Crippen molar-refractivity contribution in [1.82, 2.24) is 15.2 Å². The number of amides is 4. The minimum Gasteiger partial charge on any atom is -0.494 e. The fraction of sp³-hybridized carbons (Fsp3) is 0.227. The Morgan fingerprint density at radius 2 is 2.11 bits per heavy atom. The Morgan fingerprint density at radius 3 is 2.78 bits per heavy atom. The third-order valence-electron chi connectivity index (χ3n) is 5.14. The smallest absolute Gasteiger partial charge is 0.494 e. The van der Waals surface area contributed by atoms with Gasteiger partial charge in [-0.05, 0) is 29.8 Å². The highest BCUT2D eigenvalue weighted by Crippen LogP contribution is 2.29. The summed E-state index contributed by atoms with van der Waals surface area (Å²) in [6.45, 7) is 0. The molecule has 1 saturated heterocycles. The number of halogens is 1. The molecule has 3 aromatic rings. The molecule has 0 saturated carbocycles. The van der Waals surface area contributed by atoms with Crippen LogP contribution in [-0.2, 0) is 20.7 Å². The van der Waals surface area contributed by atoms with Gasteiger partial charge in [0.1, 0.15) is 17.8 Å². The van der Waals surface area contributed by atoms with Crippen molar-refractivity contribution in [3.8, 4) is 11.6 Å². The Bertz CT molecular complexity index is 1290. The fourth-order valence-electron chi connectivity index (χ4n) is 3.48. The van der Waals surface area contributed by atoms with Gasteiger partial charge in [-0.2, -0.15) is 4.98 Å². The molecule has 0 aliphatic carbocycles. The first-order chi connectivity index (χ1) is 17.3. The van der Waals surface area contributed by atoms with Gasteiger partial charge in [0.05, 0.1) is 25.9 Å². The molecule has 2 N–H and O–H groups in total. The summed E-state index contributed by atoms with van der Waals surface area (Å²) in [5.74, 6) is -2.03. The van der Waals surface area contributed by atoms with E-state index >= 15 is 0 Å². The highest BCUT2D eigenvalue weighted by atomic mass is 32.1. The van der Waals surface area contributed by atoms with E-state index in [1.807, 2.05) is 0 Å². The summed E-state index contributed by atoms with van der Waals surface area (Å²) >= 11 is 0.946. The Kier molecular flexibility index (Phi) is 7.15. The van der Waals surface area contributed by atoms with Crippen LogP contribution < -0.4 is 20.1 Å². The molecule has 36 heavy (non-hydrogen) atoms. The molecule has 12 nitrogen and oxygen atoms in total. The fourth-order valence-corrected chi connectivity index (χ4v) is 4.09. The van der Waals surface area contributed by atoms with Crippen molar-refractivity contribution < 1.29 is 42.2 Å². The average molecular weight is 518 g/mol. The number of urea groups is 1. The van der Waals surface area contributed by atoms with Crippen LogP contribution in [0.2, 0.25) is 0 Å². The summed E-state index contributed by atoms with van der Waals surface area (Å²) in [5, 5.41) is 6.39. The molecule has 3 heterocycles. The van der Waals surface area contributed by atoms with Crippen LogP contribution in [0.5, 0.6) is 11.6 Å². The van der Waals surface area contributed by atoms with Crippen LogP contribution in [-0.4, -0.2) is 54.1 Å². The molecule has 1 aliphatic rings. The number of carbonyl (C=O) groups is 4. The lowest BCUT2D eigenvalue weighted by Gasteiger charge is -2.23. The third kappa shape index (κ3) is 5.12. The van der Waals surface area contributed by atoms with E-state index in [4.69, 9.17) is 13.9 Å². The number of methoxy groups -OCH3 is 2. The standard InChI is InChI=1S/C22H19FN4O8S/c1-32-15-6-5-11(8-13(15)23)17-19(29)27(21(30)25-17)14(9-12-4-3-7-34-12)18(28)26-20-24-16(10-36-20)35-22(31)33-2/h3-8,10,14,17H,9H2,1-2H3,(H,25,30)(H,24,26,28)/t14-,17?/m0/s1. The van der Waals surface area contributed by atoms with Crippen LogP contribution >= 0.6 is 11.3 Å². The molecule has 188 valence electrons. The number of imide groups is 1. The SMILES string of the molecule is COC(=O)Oc1csc(NC(=O)[C@H](Cc2ccco2)N2C(=O)NC(c3ccc(OC)c(F)c3)C2=O)n1. The first-order valence-electron chi connectivity index (χ1n) is 10.3. The maximum Gasteiger partial charge on any atom is 0.514 e. The van der Waals surface area contributed by atoms with Crippen molar-refractivity contribution in [1.29, 1.82) is 0 Å². The molecular weight excluding hydrogens is 499 g/mol. The van der Waals surface area contributed by atoms with Crippen molar-refractivity contribution >= 4 is 40.5 Å². The maximum atomic E-state index is 14.2. The molecule has 1 aromatic carbocycles. The number of carbonyl (C=O) groups excluding carboxylic acids is 4. The highest BCUT2D eigenvalue weighted by Gasteiger charge is 2.46. The van der Waals surface area contributed by atoms with Crippen LogP contribution in [0.15, 0.2) is 46.4 Å². The Balaban J connectivity index is 1.57. The highest BCUT2D eigenvalue weighted by molar-refractivity contribution is 7.14. The molecule has 2 atom stereocenters. The number of rotatable bonds is 8. The van der Waals surface area contributed by atoms with Crippen LogP contribution in [0.25, 0.3) is 0 Å². The quantitative estimate of drug-likeness (QED) is 0.339. The zero-order valence-corrected chi connectivity index (χ0v) is 19.7. The van der Waals surface area contributed by atoms with Gasteiger partial charge in [-0.25, -0.2) is 18.9 Å². The van der Waals surface area contributed by atoms with Gasteiger partial charge in [0.2, 0.25) is 11.8 Å². The Hall–Kier alpha value is -4.46. The molecule has 2 aromatic heterocycles. The molecule has 4 rings (SSSR count). The van der Waals surface area contributed by atoms with Crippen molar-refractivity contribution in [2.45, 2.75) is 18.5 Å². The van der Waals surface area contributed by atoms with E-state index in [1.54, 1.807) is 12.1 Å². The van der Waals surface area contributed by atoms with E-state index in [0.717, 1.165) is 29.4 Å². The largest absolute Gasteiger partial charge is 0.514 e. The second kappa shape index (κ2) is 10.4. The van der Waals surface area contributed by atoms with Crippen LogP contribution in [0.1, 0.15) is 17.4 Å². The average Bonchev–Trinajstić information content (AvgIpc) is 3.59. The molecule has 4 amide bonds. The molecule has 0 radical (unpaired) electrons. The number of aromatic nitrogens is 1. The number of ether oxygens (including phenoxy) is 3. The minimum absolute atomic E-state index is 0.0264. The molecule has 1 unspecified atom stereocenters. The van der Waals surface area contributed by atoms with Gasteiger partial charge in [0, 0.05) is 6.42 Å². The first kappa shape index (κ1) is 24.7. The summed E-state index contributed by atoms with van der Waals surface area (Å²) in [6, 6.07) is 3.62. The molecular formula is C22H19FN4O8S. The van der Waals surface area contributed by atoms with Crippen LogP contribution in [0.3, 0.4) is 0 Å². The molecule has 0 spiro atoms. The van der Waals surface area contributed by atoms with Crippen molar-refractivity contribution in [2.24, 2.45) is 0 Å². The van der Waals surface area contributed by atoms with Gasteiger partial charge in [0.15, 0.2) is 16.7 Å². The van der Waals surface area contributed by atoms with Gasteiger partial charge in [-0.1, -0.05) is 6.07 Å². The number of furan rings is 1. The van der Waals surface area contributed by atoms with Gasteiger partial charge < -0.3 is 29.3 Å². The van der Waals surface area contributed by atoms with Crippen molar-refractivity contribution in [2.75, 3.05) is 19.5 Å². The van der Waals surface area contributed by atoms with Crippen molar-refractivity contribution in [3.05, 3.63) is 59.1 Å². The maximum absolute atomic E-state index is 14.2. The number of anilines is 1. The zero-order valence-electron chi connectivity index (χ0n) is 18.8. The van der Waals surface area contributed by atoms with Gasteiger partial charge in [0.25, 0.3) is 5.91 Å². The van der Waals surface area contributed by atoms with E-state index in [1.165, 1.54) is 30.9 Å². The number of thiazole rings is 1. The number of nitrogens with zero attached hydrogens (tertiary/aromatic N) is 2. The van der Waals surface area contributed by atoms with E-state index in [9.17, 15) is 23.6 Å². The molecule has 14 heteroatoms. The van der Waals surface area contributed by atoms with Gasteiger partial charge >= 0.3 is 12.2 Å². The topological polar surface area (TPSA) is 149 Å². The van der Waals surface area contributed by atoms with E-state index in [-0.39, 0.29) is 28.7 Å². The lowest BCUT2D eigenvalue weighted by atomic mass is 10.0. The molecule has 1 fully saturated rings. The third-order valence-corrected chi connectivity index (χ3v) is 5.87. The molecule has 0 bridgehead atoms. The van der Waals surface area contributed by atoms with Crippen molar-refractivity contribution in [3.63, 3.8) is 0 Å². The zero-order chi connectivity index (χ0) is 25.8. The van der Waals surface area contributed by atoms with Gasteiger partial charge in [-0.3, -0.25) is 9.59 Å². The lowest BCUT2D eigenvalue weighted by Crippen LogP contribution is -2.49.